The van der Waals surface area contributed by atoms with Gasteiger partial charge in [-0.15, -0.1) is 0 Å². The van der Waals surface area contributed by atoms with E-state index in [2.05, 4.69) is 19.1 Å². The molecule has 0 rings (SSSR count). The van der Waals surface area contributed by atoms with Crippen molar-refractivity contribution in [3.8, 4) is 0 Å². The fourth-order valence-electron chi connectivity index (χ4n) is 0.372. The van der Waals surface area contributed by atoms with Gasteiger partial charge in [0.25, 0.3) is 0 Å². The van der Waals surface area contributed by atoms with Crippen molar-refractivity contribution in [2.24, 2.45) is 5.92 Å². The molecule has 0 spiro atoms. The van der Waals surface area contributed by atoms with Crippen LogP contribution in [0.1, 0.15) is 20.3 Å². The first-order valence-corrected chi connectivity index (χ1v) is 2.71. The van der Waals surface area contributed by atoms with Gasteiger partial charge in [0.05, 0.1) is 0 Å². The third-order valence-electron chi connectivity index (χ3n) is 0.866. The van der Waals surface area contributed by atoms with Gasteiger partial charge < -0.3 is 5.23 Å². The Balaban J connectivity index is 2.68. The second-order valence-electron chi connectivity index (χ2n) is 2.14. The van der Waals surface area contributed by atoms with Crippen molar-refractivity contribution in [2.45, 2.75) is 20.3 Å². The Kier molecular flexibility index (Phi) is 4.21. The smallest absolute Gasteiger partial charge is 0.177 e. The molecule has 1 nitrogen and oxygen atoms in total. The van der Waals surface area contributed by atoms with Crippen molar-refractivity contribution in [2.75, 3.05) is 6.54 Å². The van der Waals surface area contributed by atoms with Crippen molar-refractivity contribution >= 4 is 7.98 Å². The molecule has 0 saturated carbocycles. The summed E-state index contributed by atoms with van der Waals surface area (Å²) in [5, 5.41) is 2.60. The van der Waals surface area contributed by atoms with Crippen LogP contribution in [0.3, 0.4) is 0 Å². The Hall–Kier alpha value is 0.0249. The largest absolute Gasteiger partial charge is 0.366 e. The van der Waals surface area contributed by atoms with Crippen LogP contribution in [-0.4, -0.2) is 14.5 Å². The first-order chi connectivity index (χ1) is 3.27. The zero-order valence-electron chi connectivity index (χ0n) is 5.07. The monoisotopic (exact) mass is 97.1 g/mol. The van der Waals surface area contributed by atoms with Crippen LogP contribution < -0.4 is 5.23 Å². The zero-order chi connectivity index (χ0) is 5.70. The molecular formula is C5H12BN. The van der Waals surface area contributed by atoms with E-state index in [0.29, 0.717) is 0 Å². The van der Waals surface area contributed by atoms with Gasteiger partial charge in [0, 0.05) is 0 Å². The Bertz CT molecular complexity index is 37.1. The van der Waals surface area contributed by atoms with E-state index in [4.69, 9.17) is 7.98 Å². The Labute approximate surface area is 46.9 Å². The van der Waals surface area contributed by atoms with E-state index in [9.17, 15) is 0 Å². The molecule has 2 radical (unpaired) electrons. The maximum atomic E-state index is 5.03. The SMILES string of the molecule is [B]NCCC(C)C. The molecule has 0 aliphatic rings. The van der Waals surface area contributed by atoms with Gasteiger partial charge in [-0.25, -0.2) is 0 Å². The standard InChI is InChI=1S/C5H12BN/c1-5(2)3-4-7-6/h5,7H,3-4H2,1-2H3. The lowest BCUT2D eigenvalue weighted by Gasteiger charge is -2.00. The van der Waals surface area contributed by atoms with E-state index in [1.807, 2.05) is 0 Å². The summed E-state index contributed by atoms with van der Waals surface area (Å²) in [7, 11) is 5.03. The van der Waals surface area contributed by atoms with E-state index in [0.717, 1.165) is 18.9 Å². The molecule has 0 atom stereocenters. The van der Waals surface area contributed by atoms with Crippen LogP contribution in [0.15, 0.2) is 0 Å². The topological polar surface area (TPSA) is 12.0 Å². The minimum Gasteiger partial charge on any atom is -0.366 e. The zero-order valence-corrected chi connectivity index (χ0v) is 5.07. The number of nitrogens with one attached hydrogen (secondary N) is 1. The third kappa shape index (κ3) is 6.02. The highest BCUT2D eigenvalue weighted by Gasteiger charge is 1.88. The molecule has 0 unspecified atom stereocenters. The molecule has 2 heteroatoms. The molecule has 0 amide bonds. The highest BCUT2D eigenvalue weighted by Crippen LogP contribution is 1.94. The van der Waals surface area contributed by atoms with E-state index in [1.54, 1.807) is 0 Å². The van der Waals surface area contributed by atoms with Crippen molar-refractivity contribution in [1.82, 2.24) is 5.23 Å². The average molecular weight is 97.0 g/mol. The summed E-state index contributed by atoms with van der Waals surface area (Å²) in [5.74, 6) is 0.760. The summed E-state index contributed by atoms with van der Waals surface area (Å²) in [4.78, 5) is 0. The normalized spacial score (nSPS) is 10.1. The van der Waals surface area contributed by atoms with E-state index >= 15 is 0 Å². The van der Waals surface area contributed by atoms with Crippen molar-refractivity contribution < 1.29 is 0 Å². The maximum absolute atomic E-state index is 5.03. The Morgan fingerprint density at radius 3 is 2.29 bits per heavy atom. The van der Waals surface area contributed by atoms with Crippen LogP contribution in [-0.2, 0) is 0 Å². The third-order valence-corrected chi connectivity index (χ3v) is 0.866. The Morgan fingerprint density at radius 2 is 2.14 bits per heavy atom. The van der Waals surface area contributed by atoms with Gasteiger partial charge in [-0.05, 0) is 18.9 Å². The van der Waals surface area contributed by atoms with Crippen molar-refractivity contribution in [3.05, 3.63) is 0 Å². The maximum Gasteiger partial charge on any atom is 0.177 e. The molecule has 7 heavy (non-hydrogen) atoms. The van der Waals surface area contributed by atoms with Gasteiger partial charge in [-0.1, -0.05) is 13.8 Å². The molecule has 40 valence electrons. The second kappa shape index (κ2) is 4.19. The van der Waals surface area contributed by atoms with Gasteiger partial charge >= 0.3 is 0 Å². The van der Waals surface area contributed by atoms with Gasteiger partial charge in [0.1, 0.15) is 0 Å². The molecule has 1 N–H and O–H groups in total. The molecule has 0 aromatic rings. The Morgan fingerprint density at radius 1 is 1.57 bits per heavy atom. The van der Waals surface area contributed by atoms with Gasteiger partial charge in [0.2, 0.25) is 0 Å². The molecule has 0 heterocycles. The van der Waals surface area contributed by atoms with Crippen molar-refractivity contribution in [3.63, 3.8) is 0 Å². The molecule has 0 aromatic carbocycles. The number of hydrogen-bond donors (Lipinski definition) is 1. The lowest BCUT2D eigenvalue weighted by molar-refractivity contribution is 0.583. The van der Waals surface area contributed by atoms with Crippen LogP contribution in [0.4, 0.5) is 0 Å². The molecule has 0 aliphatic heterocycles. The minimum absolute atomic E-state index is 0.760. The van der Waals surface area contributed by atoms with Crippen LogP contribution in [0.25, 0.3) is 0 Å². The van der Waals surface area contributed by atoms with Crippen LogP contribution in [0, 0.1) is 5.92 Å². The minimum atomic E-state index is 0.760. The van der Waals surface area contributed by atoms with E-state index in [1.165, 1.54) is 0 Å². The lowest BCUT2D eigenvalue weighted by Crippen LogP contribution is -2.11. The second-order valence-corrected chi connectivity index (χ2v) is 2.14. The van der Waals surface area contributed by atoms with Crippen LogP contribution in [0.5, 0.6) is 0 Å². The quantitative estimate of drug-likeness (QED) is 0.511. The molecule has 0 bridgehead atoms. The van der Waals surface area contributed by atoms with Gasteiger partial charge in [-0.3, -0.25) is 0 Å². The number of rotatable bonds is 3. The average Bonchev–Trinajstić information content (AvgIpc) is 1.61. The van der Waals surface area contributed by atoms with E-state index < -0.39 is 0 Å². The van der Waals surface area contributed by atoms with Gasteiger partial charge in [0.15, 0.2) is 7.98 Å². The summed E-state index contributed by atoms with van der Waals surface area (Å²) in [6.45, 7) is 5.28. The van der Waals surface area contributed by atoms with E-state index in [-0.39, 0.29) is 0 Å². The highest BCUT2D eigenvalue weighted by molar-refractivity contribution is 6.04. The summed E-state index contributed by atoms with van der Waals surface area (Å²) < 4.78 is 0. The molecule has 0 fully saturated rings. The van der Waals surface area contributed by atoms with Crippen molar-refractivity contribution in [1.29, 1.82) is 0 Å². The molecular weight excluding hydrogens is 84.9 g/mol. The summed E-state index contributed by atoms with van der Waals surface area (Å²) >= 11 is 0. The fourth-order valence-corrected chi connectivity index (χ4v) is 0.372. The highest BCUT2D eigenvalue weighted by atomic mass is 14.7. The molecule has 0 aromatic heterocycles. The number of hydrogen-bond acceptors (Lipinski definition) is 1. The lowest BCUT2D eigenvalue weighted by atomic mass is 10.1. The van der Waals surface area contributed by atoms with Crippen LogP contribution in [0.2, 0.25) is 0 Å². The fraction of sp³-hybridized carbons (Fsp3) is 1.00. The van der Waals surface area contributed by atoms with Crippen LogP contribution >= 0.6 is 0 Å². The molecule has 0 saturated heterocycles. The predicted octanol–water partition coefficient (Wildman–Crippen LogP) is 0.706. The first kappa shape index (κ1) is 7.02. The molecule has 0 aliphatic carbocycles. The predicted molar refractivity (Wildman–Crippen MR) is 33.2 cm³/mol. The summed E-state index contributed by atoms with van der Waals surface area (Å²) in [6.07, 6.45) is 1.16. The summed E-state index contributed by atoms with van der Waals surface area (Å²) in [5.41, 5.74) is 0. The summed E-state index contributed by atoms with van der Waals surface area (Å²) in [6, 6.07) is 0. The first-order valence-electron chi connectivity index (χ1n) is 2.71. The van der Waals surface area contributed by atoms with Gasteiger partial charge in [-0.2, -0.15) is 0 Å².